The van der Waals surface area contributed by atoms with E-state index in [2.05, 4.69) is 15.3 Å². The van der Waals surface area contributed by atoms with E-state index in [0.29, 0.717) is 32.1 Å². The van der Waals surface area contributed by atoms with Crippen LogP contribution in [0.4, 0.5) is 16.0 Å². The second-order valence-corrected chi connectivity index (χ2v) is 6.89. The molecular formula is C19H22FN5O2. The molecule has 1 aliphatic heterocycles. The van der Waals surface area contributed by atoms with E-state index < -0.39 is 17.1 Å². The molecule has 0 unspecified atom stereocenters. The van der Waals surface area contributed by atoms with Gasteiger partial charge >= 0.3 is 0 Å². The zero-order valence-electron chi connectivity index (χ0n) is 15.4. The minimum absolute atomic E-state index is 0.0643. The molecular weight excluding hydrogens is 349 g/mol. The van der Waals surface area contributed by atoms with Crippen molar-refractivity contribution in [2.24, 2.45) is 5.41 Å². The van der Waals surface area contributed by atoms with Crippen molar-refractivity contribution in [1.82, 2.24) is 14.9 Å². The van der Waals surface area contributed by atoms with E-state index in [9.17, 15) is 14.0 Å². The average Bonchev–Trinajstić information content (AvgIpc) is 2.70. The quantitative estimate of drug-likeness (QED) is 0.831. The number of aromatic nitrogens is 2. The Morgan fingerprint density at radius 1 is 1.04 bits per heavy atom. The van der Waals surface area contributed by atoms with E-state index in [1.54, 1.807) is 43.3 Å². The van der Waals surface area contributed by atoms with E-state index in [0.717, 1.165) is 0 Å². The molecule has 2 heterocycles. The molecule has 0 spiro atoms. The van der Waals surface area contributed by atoms with Crippen LogP contribution in [0.1, 0.15) is 13.8 Å². The van der Waals surface area contributed by atoms with Gasteiger partial charge in [-0.15, -0.1) is 0 Å². The number of anilines is 2. The fraction of sp³-hybridized carbons (Fsp3) is 0.368. The Kier molecular flexibility index (Phi) is 5.34. The van der Waals surface area contributed by atoms with Crippen molar-refractivity contribution < 1.29 is 14.0 Å². The zero-order chi connectivity index (χ0) is 19.4. The molecule has 3 rings (SSSR count). The molecule has 0 atom stereocenters. The summed E-state index contributed by atoms with van der Waals surface area (Å²) < 4.78 is 13.8. The summed E-state index contributed by atoms with van der Waals surface area (Å²) in [6.07, 6.45) is 3.35. The lowest BCUT2D eigenvalue weighted by Crippen LogP contribution is -2.54. The maximum Gasteiger partial charge on any atom is 0.239 e. The van der Waals surface area contributed by atoms with Crippen molar-refractivity contribution in [1.29, 1.82) is 0 Å². The normalized spacial score (nSPS) is 14.8. The lowest BCUT2D eigenvalue weighted by Gasteiger charge is -2.38. The Balaban J connectivity index is 1.62. The van der Waals surface area contributed by atoms with Crippen LogP contribution in [-0.2, 0) is 9.59 Å². The number of nitrogens with one attached hydrogen (secondary N) is 1. The fourth-order valence-electron chi connectivity index (χ4n) is 2.90. The van der Waals surface area contributed by atoms with E-state index in [-0.39, 0.29) is 11.6 Å². The van der Waals surface area contributed by atoms with Gasteiger partial charge in [-0.05, 0) is 32.0 Å². The van der Waals surface area contributed by atoms with Crippen molar-refractivity contribution >= 4 is 23.5 Å². The molecule has 1 aromatic heterocycles. The number of piperazine rings is 1. The lowest BCUT2D eigenvalue weighted by molar-refractivity contribution is -0.146. The molecule has 1 aliphatic rings. The summed E-state index contributed by atoms with van der Waals surface area (Å²) in [5, 5.41) is 2.51. The highest BCUT2D eigenvalue weighted by Gasteiger charge is 2.40. The Morgan fingerprint density at radius 3 is 2.30 bits per heavy atom. The predicted octanol–water partition coefficient (Wildman–Crippen LogP) is 1.93. The van der Waals surface area contributed by atoms with Gasteiger partial charge in [-0.25, -0.2) is 14.4 Å². The van der Waals surface area contributed by atoms with Crippen LogP contribution in [0.3, 0.4) is 0 Å². The third-order valence-electron chi connectivity index (χ3n) is 4.63. The van der Waals surface area contributed by atoms with Crippen LogP contribution in [0.15, 0.2) is 42.7 Å². The van der Waals surface area contributed by atoms with Gasteiger partial charge in [0.1, 0.15) is 11.2 Å². The number of carbonyl (C=O) groups excluding carboxylic acids is 2. The van der Waals surface area contributed by atoms with Crippen LogP contribution in [-0.4, -0.2) is 52.9 Å². The standard InChI is InChI=1S/C19H22FN5O2/c1-19(2,16(26)23-15-7-4-3-6-14(15)20)17(27)24-10-12-25(13-11-24)18-21-8-5-9-22-18/h3-9H,10-13H2,1-2H3,(H,23,26). The van der Waals surface area contributed by atoms with Gasteiger partial charge in [0.05, 0.1) is 5.69 Å². The molecule has 1 N–H and O–H groups in total. The summed E-state index contributed by atoms with van der Waals surface area (Å²) in [4.78, 5) is 37.6. The van der Waals surface area contributed by atoms with Gasteiger partial charge in [-0.3, -0.25) is 9.59 Å². The molecule has 142 valence electrons. The lowest BCUT2D eigenvalue weighted by atomic mass is 9.89. The monoisotopic (exact) mass is 371 g/mol. The third kappa shape index (κ3) is 4.05. The topological polar surface area (TPSA) is 78.4 Å². The van der Waals surface area contributed by atoms with E-state index in [1.165, 1.54) is 18.2 Å². The van der Waals surface area contributed by atoms with Gasteiger partial charge in [0.2, 0.25) is 17.8 Å². The van der Waals surface area contributed by atoms with Crippen LogP contribution in [0.5, 0.6) is 0 Å². The number of hydrogen-bond acceptors (Lipinski definition) is 5. The molecule has 8 heteroatoms. The molecule has 0 aliphatic carbocycles. The van der Waals surface area contributed by atoms with Crippen molar-refractivity contribution in [3.05, 3.63) is 48.5 Å². The summed E-state index contributed by atoms with van der Waals surface area (Å²) in [5.74, 6) is -0.733. The molecule has 0 radical (unpaired) electrons. The SMILES string of the molecule is CC(C)(C(=O)Nc1ccccc1F)C(=O)N1CCN(c2ncccn2)CC1. The Labute approximate surface area is 157 Å². The second kappa shape index (κ2) is 7.69. The number of para-hydroxylation sites is 1. The van der Waals surface area contributed by atoms with Gasteiger partial charge in [0.15, 0.2) is 0 Å². The molecule has 1 aromatic carbocycles. The highest BCUT2D eigenvalue weighted by molar-refractivity contribution is 6.09. The number of hydrogen-bond donors (Lipinski definition) is 1. The zero-order valence-corrected chi connectivity index (χ0v) is 15.4. The Hall–Kier alpha value is -3.03. The van der Waals surface area contributed by atoms with Gasteiger partial charge < -0.3 is 15.1 Å². The number of benzene rings is 1. The first-order valence-corrected chi connectivity index (χ1v) is 8.77. The summed E-state index contributed by atoms with van der Waals surface area (Å²) in [6.45, 7) is 5.21. The summed E-state index contributed by atoms with van der Waals surface area (Å²) in [7, 11) is 0. The van der Waals surface area contributed by atoms with E-state index in [4.69, 9.17) is 0 Å². The maximum atomic E-state index is 13.8. The smallest absolute Gasteiger partial charge is 0.239 e. The highest BCUT2D eigenvalue weighted by Crippen LogP contribution is 2.24. The maximum absolute atomic E-state index is 13.8. The van der Waals surface area contributed by atoms with Gasteiger partial charge in [0.25, 0.3) is 0 Å². The van der Waals surface area contributed by atoms with Gasteiger partial charge in [-0.1, -0.05) is 12.1 Å². The number of amides is 2. The fourth-order valence-corrected chi connectivity index (χ4v) is 2.90. The molecule has 2 amide bonds. The molecule has 0 bridgehead atoms. The van der Waals surface area contributed by atoms with Crippen LogP contribution < -0.4 is 10.2 Å². The van der Waals surface area contributed by atoms with Crippen LogP contribution in [0.25, 0.3) is 0 Å². The van der Waals surface area contributed by atoms with Crippen molar-refractivity contribution in [2.45, 2.75) is 13.8 Å². The predicted molar refractivity (Wildman–Crippen MR) is 99.6 cm³/mol. The molecule has 1 saturated heterocycles. The minimum atomic E-state index is -1.31. The van der Waals surface area contributed by atoms with Crippen LogP contribution in [0, 0.1) is 11.2 Å². The summed E-state index contributed by atoms with van der Waals surface area (Å²) in [6, 6.07) is 7.64. The first kappa shape index (κ1) is 18.8. The Morgan fingerprint density at radius 2 is 1.67 bits per heavy atom. The van der Waals surface area contributed by atoms with Gasteiger partial charge in [-0.2, -0.15) is 0 Å². The summed E-state index contributed by atoms with van der Waals surface area (Å²) in [5.41, 5.74) is -1.25. The molecule has 27 heavy (non-hydrogen) atoms. The first-order chi connectivity index (χ1) is 12.9. The van der Waals surface area contributed by atoms with Crippen LogP contribution in [0.2, 0.25) is 0 Å². The largest absolute Gasteiger partial charge is 0.338 e. The molecule has 2 aromatic rings. The van der Waals surface area contributed by atoms with Crippen LogP contribution >= 0.6 is 0 Å². The number of rotatable bonds is 4. The number of carbonyl (C=O) groups is 2. The highest BCUT2D eigenvalue weighted by atomic mass is 19.1. The molecule has 7 nitrogen and oxygen atoms in total. The average molecular weight is 371 g/mol. The van der Waals surface area contributed by atoms with Gasteiger partial charge in [0, 0.05) is 38.6 Å². The third-order valence-corrected chi connectivity index (χ3v) is 4.63. The van der Waals surface area contributed by atoms with E-state index in [1.807, 2.05) is 4.90 Å². The molecule has 1 fully saturated rings. The van der Waals surface area contributed by atoms with Crippen molar-refractivity contribution in [2.75, 3.05) is 36.4 Å². The number of nitrogens with zero attached hydrogens (tertiary/aromatic N) is 4. The molecule has 0 saturated carbocycles. The Bertz CT molecular complexity index is 820. The first-order valence-electron chi connectivity index (χ1n) is 8.77. The van der Waals surface area contributed by atoms with E-state index >= 15 is 0 Å². The number of halogens is 1. The second-order valence-electron chi connectivity index (χ2n) is 6.89. The van der Waals surface area contributed by atoms with Crippen molar-refractivity contribution in [3.8, 4) is 0 Å². The summed E-state index contributed by atoms with van der Waals surface area (Å²) >= 11 is 0. The minimum Gasteiger partial charge on any atom is -0.338 e. The van der Waals surface area contributed by atoms with Crippen molar-refractivity contribution in [3.63, 3.8) is 0 Å².